The van der Waals surface area contributed by atoms with Gasteiger partial charge in [-0.15, -0.1) is 0 Å². The van der Waals surface area contributed by atoms with Crippen LogP contribution in [0.3, 0.4) is 0 Å². The first-order chi connectivity index (χ1) is 12.6. The molecule has 1 amide bonds. The molecule has 26 heavy (non-hydrogen) atoms. The van der Waals surface area contributed by atoms with Crippen molar-refractivity contribution in [3.05, 3.63) is 53.8 Å². The van der Waals surface area contributed by atoms with Crippen LogP contribution in [-0.2, 0) is 0 Å². The number of benzene rings is 1. The summed E-state index contributed by atoms with van der Waals surface area (Å²) in [6.45, 7) is 2.18. The second kappa shape index (κ2) is 6.80. The van der Waals surface area contributed by atoms with Gasteiger partial charge in [-0.1, -0.05) is 35.9 Å². The van der Waals surface area contributed by atoms with Gasteiger partial charge in [0.25, 0.3) is 0 Å². The number of halogens is 1. The first-order valence-electron chi connectivity index (χ1n) is 8.36. The summed E-state index contributed by atoms with van der Waals surface area (Å²) in [5.74, 6) is 0.818. The number of fused-ring (bicyclic) bond motifs is 1. The monoisotopic (exact) mass is 368 g/mol. The molecular weight excluding hydrogens is 352 g/mol. The molecule has 1 fully saturated rings. The van der Waals surface area contributed by atoms with Gasteiger partial charge in [0.2, 0.25) is 0 Å². The normalized spacial score (nSPS) is 14.7. The number of hydrogen-bond acceptors (Lipinski definition) is 4. The molecule has 1 aliphatic heterocycles. The smallest absolute Gasteiger partial charge is 0.407 e. The maximum absolute atomic E-state index is 11.1. The summed E-state index contributed by atoms with van der Waals surface area (Å²) in [7, 11) is 0. The van der Waals surface area contributed by atoms with Gasteiger partial charge < -0.3 is 14.9 Å². The molecule has 0 spiro atoms. The fourth-order valence-electron chi connectivity index (χ4n) is 3.25. The van der Waals surface area contributed by atoms with Gasteiger partial charge in [-0.25, -0.2) is 14.8 Å². The Balaban J connectivity index is 1.68. The third-order valence-electron chi connectivity index (χ3n) is 4.60. The van der Waals surface area contributed by atoms with E-state index in [-0.39, 0.29) is 0 Å². The number of anilines is 1. The van der Waals surface area contributed by atoms with Gasteiger partial charge >= 0.3 is 6.09 Å². The summed E-state index contributed by atoms with van der Waals surface area (Å²) >= 11 is 6.21. The maximum atomic E-state index is 11.1. The second-order valence-corrected chi connectivity index (χ2v) is 6.56. The zero-order valence-electron chi connectivity index (χ0n) is 14.0. The molecule has 4 rings (SSSR count). The van der Waals surface area contributed by atoms with Crippen LogP contribution in [0, 0.1) is 0 Å². The van der Waals surface area contributed by atoms with Crippen molar-refractivity contribution in [2.45, 2.75) is 0 Å². The van der Waals surface area contributed by atoms with Gasteiger partial charge in [-0.2, -0.15) is 0 Å². The predicted octanol–water partition coefficient (Wildman–Crippen LogP) is 3.75. The van der Waals surface area contributed by atoms with Crippen molar-refractivity contribution in [2.24, 2.45) is 0 Å². The Kier molecular flexibility index (Phi) is 4.34. The lowest BCUT2D eigenvalue weighted by atomic mass is 10.0. The number of nitrogens with zero attached hydrogens (tertiary/aromatic N) is 4. The van der Waals surface area contributed by atoms with Gasteiger partial charge in [-0.3, -0.25) is 0 Å². The maximum Gasteiger partial charge on any atom is 0.407 e. The molecule has 1 aromatic carbocycles. The van der Waals surface area contributed by atoms with Crippen LogP contribution in [0.25, 0.3) is 22.0 Å². The second-order valence-electron chi connectivity index (χ2n) is 6.17. The molecule has 1 N–H and O–H groups in total. The van der Waals surface area contributed by atoms with E-state index >= 15 is 0 Å². The fraction of sp³-hybridized carbons (Fsp3) is 0.211. The highest BCUT2D eigenvalue weighted by molar-refractivity contribution is 6.30. The minimum Gasteiger partial charge on any atom is -0.465 e. The van der Waals surface area contributed by atoms with Crippen molar-refractivity contribution < 1.29 is 9.90 Å². The molecule has 1 aliphatic rings. The highest BCUT2D eigenvalue weighted by Gasteiger charge is 2.21. The molecule has 0 bridgehead atoms. The highest BCUT2D eigenvalue weighted by Crippen LogP contribution is 2.30. The number of piperazine rings is 1. The summed E-state index contributed by atoms with van der Waals surface area (Å²) in [4.78, 5) is 23.6. The topological polar surface area (TPSA) is 69.6 Å². The lowest BCUT2D eigenvalue weighted by Crippen LogP contribution is -2.48. The molecule has 0 atom stereocenters. The van der Waals surface area contributed by atoms with Crippen molar-refractivity contribution >= 4 is 34.3 Å². The van der Waals surface area contributed by atoms with Gasteiger partial charge in [0, 0.05) is 43.3 Å². The van der Waals surface area contributed by atoms with Gasteiger partial charge in [0.15, 0.2) is 0 Å². The van der Waals surface area contributed by atoms with Crippen LogP contribution in [-0.4, -0.2) is 52.2 Å². The van der Waals surface area contributed by atoms with E-state index in [2.05, 4.69) is 14.9 Å². The molecule has 3 aromatic rings. The van der Waals surface area contributed by atoms with Crippen molar-refractivity contribution in [3.63, 3.8) is 0 Å². The molecule has 6 nitrogen and oxygen atoms in total. The molecule has 1 saturated heterocycles. The molecule has 132 valence electrons. The third-order valence-corrected chi connectivity index (χ3v) is 4.80. The number of rotatable bonds is 2. The molecule has 0 radical (unpaired) electrons. The average molecular weight is 369 g/mol. The van der Waals surface area contributed by atoms with E-state index < -0.39 is 6.09 Å². The van der Waals surface area contributed by atoms with Crippen LogP contribution < -0.4 is 4.90 Å². The van der Waals surface area contributed by atoms with Crippen molar-refractivity contribution in [1.29, 1.82) is 0 Å². The van der Waals surface area contributed by atoms with Crippen LogP contribution >= 0.6 is 11.6 Å². The van der Waals surface area contributed by atoms with Gasteiger partial charge in [-0.05, 0) is 23.6 Å². The van der Waals surface area contributed by atoms with Crippen LogP contribution in [0.15, 0.2) is 48.7 Å². The van der Waals surface area contributed by atoms with E-state index in [1.165, 1.54) is 4.90 Å². The Labute approximate surface area is 155 Å². The number of amides is 1. The summed E-state index contributed by atoms with van der Waals surface area (Å²) in [6.07, 6.45) is 0.881. The number of aromatic nitrogens is 2. The van der Waals surface area contributed by atoms with E-state index in [1.807, 2.05) is 42.5 Å². The minimum atomic E-state index is -0.874. The lowest BCUT2D eigenvalue weighted by Gasteiger charge is -2.33. The largest absolute Gasteiger partial charge is 0.465 e. The quantitative estimate of drug-likeness (QED) is 0.697. The summed E-state index contributed by atoms with van der Waals surface area (Å²) in [6, 6.07) is 13.8. The molecule has 0 saturated carbocycles. The Morgan fingerprint density at radius 2 is 1.85 bits per heavy atom. The standard InChI is InChI=1S/C19H17ClN4O2/c20-16-11-13-3-1-2-4-15(13)18(22-16)14-5-6-21-17(12-14)23-7-9-24(10-8-23)19(25)26/h1-6,11-12H,7-10H2,(H,25,26). The number of carboxylic acid groups (broad SMARTS) is 1. The Hall–Kier alpha value is -2.86. The van der Waals surface area contributed by atoms with Gasteiger partial charge in [0.05, 0.1) is 5.69 Å². The average Bonchev–Trinajstić information content (AvgIpc) is 2.67. The molecule has 3 heterocycles. The first kappa shape index (κ1) is 16.6. The molecule has 2 aromatic heterocycles. The predicted molar refractivity (Wildman–Crippen MR) is 102 cm³/mol. The first-order valence-corrected chi connectivity index (χ1v) is 8.74. The molecule has 7 heteroatoms. The molecular formula is C19H17ClN4O2. The van der Waals surface area contributed by atoms with Crippen molar-refractivity contribution in [3.8, 4) is 11.3 Å². The van der Waals surface area contributed by atoms with Crippen molar-refractivity contribution in [2.75, 3.05) is 31.1 Å². The van der Waals surface area contributed by atoms with E-state index in [1.54, 1.807) is 6.20 Å². The van der Waals surface area contributed by atoms with E-state index in [0.717, 1.165) is 27.8 Å². The SMILES string of the molecule is O=C(O)N1CCN(c2cc(-c3nc(Cl)cc4ccccc34)ccn2)CC1. The summed E-state index contributed by atoms with van der Waals surface area (Å²) in [5.41, 5.74) is 1.76. The van der Waals surface area contributed by atoms with Crippen LogP contribution in [0.1, 0.15) is 0 Å². The van der Waals surface area contributed by atoms with E-state index in [0.29, 0.717) is 31.3 Å². The number of hydrogen-bond donors (Lipinski definition) is 1. The summed E-state index contributed by atoms with van der Waals surface area (Å²) in [5, 5.41) is 11.6. The molecule has 0 unspecified atom stereocenters. The Morgan fingerprint density at radius 3 is 2.62 bits per heavy atom. The zero-order valence-corrected chi connectivity index (χ0v) is 14.7. The van der Waals surface area contributed by atoms with Crippen LogP contribution in [0.4, 0.5) is 10.6 Å². The Morgan fingerprint density at radius 1 is 1.08 bits per heavy atom. The number of carbonyl (C=O) groups is 1. The van der Waals surface area contributed by atoms with Crippen LogP contribution in [0.5, 0.6) is 0 Å². The highest BCUT2D eigenvalue weighted by atomic mass is 35.5. The van der Waals surface area contributed by atoms with Gasteiger partial charge in [0.1, 0.15) is 11.0 Å². The number of pyridine rings is 2. The van der Waals surface area contributed by atoms with Crippen LogP contribution in [0.2, 0.25) is 5.15 Å². The third kappa shape index (κ3) is 3.15. The zero-order chi connectivity index (χ0) is 18.1. The lowest BCUT2D eigenvalue weighted by molar-refractivity contribution is 0.142. The fourth-order valence-corrected chi connectivity index (χ4v) is 3.45. The van der Waals surface area contributed by atoms with E-state index in [9.17, 15) is 4.79 Å². The minimum absolute atomic E-state index is 0.451. The van der Waals surface area contributed by atoms with Crippen molar-refractivity contribution in [1.82, 2.24) is 14.9 Å². The Bertz CT molecular complexity index is 971. The van der Waals surface area contributed by atoms with E-state index in [4.69, 9.17) is 16.7 Å². The molecule has 0 aliphatic carbocycles. The summed E-state index contributed by atoms with van der Waals surface area (Å²) < 4.78 is 0.